The van der Waals surface area contributed by atoms with Crippen molar-refractivity contribution < 1.29 is 14.6 Å². The van der Waals surface area contributed by atoms with Crippen LogP contribution in [0.15, 0.2) is 24.3 Å². The maximum absolute atomic E-state index is 11.9. The molecule has 0 unspecified atom stereocenters. The van der Waals surface area contributed by atoms with E-state index in [0.29, 0.717) is 25.7 Å². The van der Waals surface area contributed by atoms with Crippen molar-refractivity contribution >= 4 is 5.78 Å². The summed E-state index contributed by atoms with van der Waals surface area (Å²) in [7, 11) is 1.63. The SMILES string of the molecule is CCC(O)(CC)C(=O)CCc1ccc(OC)cc1. The van der Waals surface area contributed by atoms with Crippen LogP contribution in [0.2, 0.25) is 0 Å². The third kappa shape index (κ3) is 3.57. The Morgan fingerprint density at radius 2 is 1.78 bits per heavy atom. The van der Waals surface area contributed by atoms with Crippen LogP contribution in [0.1, 0.15) is 38.7 Å². The molecule has 18 heavy (non-hydrogen) atoms. The van der Waals surface area contributed by atoms with E-state index >= 15 is 0 Å². The zero-order valence-electron chi connectivity index (χ0n) is 11.4. The Bertz CT molecular complexity index is 377. The highest BCUT2D eigenvalue weighted by atomic mass is 16.5. The van der Waals surface area contributed by atoms with Gasteiger partial charge in [0.05, 0.1) is 7.11 Å². The van der Waals surface area contributed by atoms with E-state index in [0.717, 1.165) is 11.3 Å². The number of ketones is 1. The second kappa shape index (κ2) is 6.55. The highest BCUT2D eigenvalue weighted by Gasteiger charge is 2.30. The molecule has 1 aromatic carbocycles. The molecule has 0 atom stereocenters. The minimum absolute atomic E-state index is 0.0664. The molecule has 0 aromatic heterocycles. The molecule has 0 aliphatic rings. The first-order valence-electron chi connectivity index (χ1n) is 6.44. The fourth-order valence-electron chi connectivity index (χ4n) is 1.93. The lowest BCUT2D eigenvalue weighted by molar-refractivity contribution is -0.138. The number of ether oxygens (including phenoxy) is 1. The molecule has 0 aliphatic carbocycles. The maximum atomic E-state index is 11.9. The van der Waals surface area contributed by atoms with Gasteiger partial charge in [-0.1, -0.05) is 26.0 Å². The second-order valence-electron chi connectivity index (χ2n) is 4.51. The predicted molar refractivity (Wildman–Crippen MR) is 71.9 cm³/mol. The Labute approximate surface area is 109 Å². The van der Waals surface area contributed by atoms with Gasteiger partial charge in [0.25, 0.3) is 0 Å². The van der Waals surface area contributed by atoms with Crippen LogP contribution in [0.5, 0.6) is 5.75 Å². The number of aliphatic hydroxyl groups is 1. The Balaban J connectivity index is 2.56. The minimum atomic E-state index is -1.15. The van der Waals surface area contributed by atoms with Gasteiger partial charge in [0.15, 0.2) is 5.78 Å². The number of carbonyl (C=O) groups excluding carboxylic acids is 1. The highest BCUT2D eigenvalue weighted by Crippen LogP contribution is 2.19. The van der Waals surface area contributed by atoms with Crippen molar-refractivity contribution in [1.29, 1.82) is 0 Å². The summed E-state index contributed by atoms with van der Waals surface area (Å²) in [5.74, 6) is 0.743. The van der Waals surface area contributed by atoms with E-state index in [1.807, 2.05) is 38.1 Å². The first-order valence-corrected chi connectivity index (χ1v) is 6.44. The van der Waals surface area contributed by atoms with Gasteiger partial charge in [-0.2, -0.15) is 0 Å². The largest absolute Gasteiger partial charge is 0.497 e. The van der Waals surface area contributed by atoms with Gasteiger partial charge in [0, 0.05) is 6.42 Å². The molecule has 3 heteroatoms. The topological polar surface area (TPSA) is 46.5 Å². The molecule has 0 saturated carbocycles. The zero-order chi connectivity index (χ0) is 13.6. The van der Waals surface area contributed by atoms with E-state index in [1.165, 1.54) is 0 Å². The quantitative estimate of drug-likeness (QED) is 0.809. The third-order valence-corrected chi connectivity index (χ3v) is 3.49. The van der Waals surface area contributed by atoms with Crippen molar-refractivity contribution in [2.45, 2.75) is 45.1 Å². The molecule has 1 aromatic rings. The van der Waals surface area contributed by atoms with Crippen molar-refractivity contribution in [3.63, 3.8) is 0 Å². The summed E-state index contributed by atoms with van der Waals surface area (Å²) in [5.41, 5.74) is -0.0642. The van der Waals surface area contributed by atoms with Crippen molar-refractivity contribution in [3.8, 4) is 5.75 Å². The standard InChI is InChI=1S/C15H22O3/c1-4-15(17,5-2)14(16)11-8-12-6-9-13(18-3)10-7-12/h6-7,9-10,17H,4-5,8,11H2,1-3H3. The van der Waals surface area contributed by atoms with Gasteiger partial charge in [-0.15, -0.1) is 0 Å². The Hall–Kier alpha value is -1.35. The van der Waals surface area contributed by atoms with E-state index in [4.69, 9.17) is 4.74 Å². The number of hydrogen-bond acceptors (Lipinski definition) is 3. The van der Waals surface area contributed by atoms with Crippen molar-refractivity contribution in [3.05, 3.63) is 29.8 Å². The Morgan fingerprint density at radius 3 is 2.22 bits per heavy atom. The lowest BCUT2D eigenvalue weighted by atomic mass is 9.89. The van der Waals surface area contributed by atoms with E-state index in [2.05, 4.69) is 0 Å². The van der Waals surface area contributed by atoms with Gasteiger partial charge in [-0.25, -0.2) is 0 Å². The molecule has 0 aliphatic heterocycles. The first kappa shape index (κ1) is 14.7. The number of methoxy groups -OCH3 is 1. The maximum Gasteiger partial charge on any atom is 0.164 e. The normalized spacial score (nSPS) is 11.3. The molecule has 0 bridgehead atoms. The number of hydrogen-bond donors (Lipinski definition) is 1. The zero-order valence-corrected chi connectivity index (χ0v) is 11.4. The number of Topliss-reactive ketones (excluding diaryl/α,β-unsaturated/α-hetero) is 1. The van der Waals surface area contributed by atoms with Crippen LogP contribution in [-0.2, 0) is 11.2 Å². The van der Waals surface area contributed by atoms with Crippen LogP contribution in [0.3, 0.4) is 0 Å². The van der Waals surface area contributed by atoms with Crippen LogP contribution in [0.25, 0.3) is 0 Å². The molecule has 0 spiro atoms. The molecule has 3 nitrogen and oxygen atoms in total. The molecule has 0 fully saturated rings. The predicted octanol–water partition coefficient (Wildman–Crippen LogP) is 2.75. The van der Waals surface area contributed by atoms with Gasteiger partial charge < -0.3 is 9.84 Å². The van der Waals surface area contributed by atoms with Crippen molar-refractivity contribution in [1.82, 2.24) is 0 Å². The smallest absolute Gasteiger partial charge is 0.164 e. The van der Waals surface area contributed by atoms with Crippen LogP contribution in [-0.4, -0.2) is 23.6 Å². The lowest BCUT2D eigenvalue weighted by Crippen LogP contribution is -2.37. The number of carbonyl (C=O) groups is 1. The summed E-state index contributed by atoms with van der Waals surface area (Å²) < 4.78 is 5.08. The third-order valence-electron chi connectivity index (χ3n) is 3.49. The number of aryl methyl sites for hydroxylation is 1. The fourth-order valence-corrected chi connectivity index (χ4v) is 1.93. The summed E-state index contributed by atoms with van der Waals surface area (Å²) in [6.07, 6.45) is 1.99. The summed E-state index contributed by atoms with van der Waals surface area (Å²) in [5, 5.41) is 10.1. The highest BCUT2D eigenvalue weighted by molar-refractivity contribution is 5.87. The minimum Gasteiger partial charge on any atom is -0.497 e. The summed E-state index contributed by atoms with van der Waals surface area (Å²) in [6, 6.07) is 7.66. The van der Waals surface area contributed by atoms with Gasteiger partial charge in [-0.3, -0.25) is 4.79 Å². The monoisotopic (exact) mass is 250 g/mol. The summed E-state index contributed by atoms with van der Waals surface area (Å²) in [6.45, 7) is 3.68. The van der Waals surface area contributed by atoms with Crippen LogP contribution < -0.4 is 4.74 Å². The van der Waals surface area contributed by atoms with E-state index < -0.39 is 5.60 Å². The molecule has 100 valence electrons. The first-order chi connectivity index (χ1) is 8.55. The van der Waals surface area contributed by atoms with Crippen LogP contribution in [0, 0.1) is 0 Å². The van der Waals surface area contributed by atoms with Crippen LogP contribution >= 0.6 is 0 Å². The van der Waals surface area contributed by atoms with Gasteiger partial charge in [-0.05, 0) is 37.0 Å². The molecule has 0 amide bonds. The molecule has 1 rings (SSSR count). The van der Waals surface area contributed by atoms with Crippen molar-refractivity contribution in [2.75, 3.05) is 7.11 Å². The van der Waals surface area contributed by atoms with Crippen molar-refractivity contribution in [2.24, 2.45) is 0 Å². The average molecular weight is 250 g/mol. The van der Waals surface area contributed by atoms with E-state index in [-0.39, 0.29) is 5.78 Å². The number of benzene rings is 1. The molecular formula is C15H22O3. The molecule has 0 heterocycles. The molecular weight excluding hydrogens is 228 g/mol. The van der Waals surface area contributed by atoms with Gasteiger partial charge in [0.2, 0.25) is 0 Å². The molecule has 0 radical (unpaired) electrons. The average Bonchev–Trinajstić information content (AvgIpc) is 2.44. The number of rotatable bonds is 7. The Kier molecular flexibility index (Phi) is 5.35. The lowest BCUT2D eigenvalue weighted by Gasteiger charge is -2.23. The van der Waals surface area contributed by atoms with E-state index in [1.54, 1.807) is 7.11 Å². The Morgan fingerprint density at radius 1 is 1.22 bits per heavy atom. The second-order valence-corrected chi connectivity index (χ2v) is 4.51. The van der Waals surface area contributed by atoms with Crippen LogP contribution in [0.4, 0.5) is 0 Å². The van der Waals surface area contributed by atoms with E-state index in [9.17, 15) is 9.90 Å². The van der Waals surface area contributed by atoms with Gasteiger partial charge >= 0.3 is 0 Å². The summed E-state index contributed by atoms with van der Waals surface area (Å²) >= 11 is 0. The summed E-state index contributed by atoms with van der Waals surface area (Å²) in [4.78, 5) is 11.9. The van der Waals surface area contributed by atoms with Gasteiger partial charge in [0.1, 0.15) is 11.4 Å². The molecule has 0 saturated heterocycles. The fraction of sp³-hybridized carbons (Fsp3) is 0.533. The molecule has 1 N–H and O–H groups in total.